The first-order valence-electron chi connectivity index (χ1n) is 7.82. The monoisotopic (exact) mass is 372 g/mol. The third kappa shape index (κ3) is 6.01. The first-order valence-corrected chi connectivity index (χ1v) is 8.81. The Balaban J connectivity index is 0.00000225. The van der Waals surface area contributed by atoms with E-state index in [1.807, 2.05) is 48.5 Å². The van der Waals surface area contributed by atoms with Crippen molar-refractivity contribution < 1.29 is 12.4 Å². The average molecular weight is 373 g/mol. The van der Waals surface area contributed by atoms with Crippen LogP contribution in [0.4, 0.5) is 0 Å². The Morgan fingerprint density at radius 1 is 1.00 bits per heavy atom. The second kappa shape index (κ2) is 10.7. The molecule has 3 rings (SSSR count). The lowest BCUT2D eigenvalue weighted by molar-refractivity contribution is -0.00000489. The topological polar surface area (TPSA) is 55.6 Å². The Kier molecular flexibility index (Phi) is 8.18. The molecule has 0 aliphatic heterocycles. The molecule has 130 valence electrons. The number of benzene rings is 2. The van der Waals surface area contributed by atoms with Crippen LogP contribution in [0.2, 0.25) is 0 Å². The number of rotatable bonds is 8. The largest absolute Gasteiger partial charge is 1.00 e. The number of aromatic nitrogens is 4. The third-order valence-electron chi connectivity index (χ3n) is 3.32. The van der Waals surface area contributed by atoms with E-state index in [0.717, 1.165) is 29.7 Å². The maximum Gasteiger partial charge on any atom is 0.214 e. The van der Waals surface area contributed by atoms with Crippen molar-refractivity contribution in [2.75, 3.05) is 18.8 Å². The minimum Gasteiger partial charge on any atom is -1.00 e. The van der Waals surface area contributed by atoms with Crippen molar-refractivity contribution in [3.05, 3.63) is 72.3 Å². The van der Waals surface area contributed by atoms with E-state index in [9.17, 15) is 0 Å². The Labute approximate surface area is 157 Å². The Hall–Kier alpha value is -2.15. The van der Waals surface area contributed by atoms with Crippen LogP contribution in [0.1, 0.15) is 5.56 Å². The third-order valence-corrected chi connectivity index (χ3v) is 4.24. The zero-order valence-electron chi connectivity index (χ0n) is 13.6. The molecule has 1 aromatic heterocycles. The first kappa shape index (κ1) is 19.2. The summed E-state index contributed by atoms with van der Waals surface area (Å²) in [7, 11) is 0. The molecule has 0 radical (unpaired) electrons. The molecule has 0 spiro atoms. The fourth-order valence-corrected chi connectivity index (χ4v) is 2.95. The summed E-state index contributed by atoms with van der Waals surface area (Å²) in [5.41, 5.74) is 2.19. The van der Waals surface area contributed by atoms with Gasteiger partial charge in [-0.2, -0.15) is 4.68 Å². The Bertz CT molecular complexity index is 761. The molecule has 0 saturated heterocycles. The minimum atomic E-state index is 0. The van der Waals surface area contributed by atoms with E-state index in [1.54, 1.807) is 16.4 Å². The second-order valence-corrected chi connectivity index (χ2v) is 6.14. The van der Waals surface area contributed by atoms with Gasteiger partial charge in [0.2, 0.25) is 5.16 Å². The first-order chi connectivity index (χ1) is 11.9. The number of para-hydroxylation sites is 1. The zero-order valence-corrected chi connectivity index (χ0v) is 15.2. The molecule has 0 bridgehead atoms. The summed E-state index contributed by atoms with van der Waals surface area (Å²) in [6.07, 6.45) is 4.25. The van der Waals surface area contributed by atoms with Crippen molar-refractivity contribution in [3.8, 4) is 5.69 Å². The van der Waals surface area contributed by atoms with Gasteiger partial charge in [0.1, 0.15) is 0 Å². The van der Waals surface area contributed by atoms with Crippen LogP contribution >= 0.6 is 11.8 Å². The highest BCUT2D eigenvalue weighted by molar-refractivity contribution is 7.99. The number of hydrogen-bond acceptors (Lipinski definition) is 5. The van der Waals surface area contributed by atoms with Crippen LogP contribution in [-0.2, 0) is 0 Å². The molecule has 7 heteroatoms. The minimum absolute atomic E-state index is 0. The molecule has 0 unspecified atom stereocenters. The molecule has 0 fully saturated rings. The highest BCUT2D eigenvalue weighted by Gasteiger charge is 2.07. The van der Waals surface area contributed by atoms with Crippen LogP contribution in [0.5, 0.6) is 0 Å². The van der Waals surface area contributed by atoms with Crippen molar-refractivity contribution in [2.24, 2.45) is 0 Å². The van der Waals surface area contributed by atoms with Gasteiger partial charge in [-0.25, -0.2) is 0 Å². The summed E-state index contributed by atoms with van der Waals surface area (Å²) >= 11 is 1.64. The standard InChI is InChI=1S/C18H19N5S.ClH/c1-3-8-16(9-4-1)10-7-13-19-14-15-24-18-20-21-22-23(18)17-11-5-2-6-12-17;/h1-12,19H,13-15H2;1H/p-1/b10-7+;. The number of nitrogens with one attached hydrogen (secondary N) is 1. The molecule has 1 heterocycles. The van der Waals surface area contributed by atoms with Crippen LogP contribution < -0.4 is 17.7 Å². The van der Waals surface area contributed by atoms with E-state index in [-0.39, 0.29) is 12.4 Å². The van der Waals surface area contributed by atoms with Crippen LogP contribution in [0, 0.1) is 0 Å². The lowest BCUT2D eigenvalue weighted by atomic mass is 10.2. The van der Waals surface area contributed by atoms with Crippen molar-refractivity contribution in [2.45, 2.75) is 5.16 Å². The number of hydrogen-bond donors (Lipinski definition) is 1. The van der Waals surface area contributed by atoms with E-state index in [0.29, 0.717) is 0 Å². The van der Waals surface area contributed by atoms with Gasteiger partial charge in [-0.1, -0.05) is 72.4 Å². The van der Waals surface area contributed by atoms with Gasteiger partial charge >= 0.3 is 0 Å². The lowest BCUT2D eigenvalue weighted by Gasteiger charge is -2.04. The van der Waals surface area contributed by atoms with Crippen LogP contribution in [-0.4, -0.2) is 39.0 Å². The summed E-state index contributed by atoms with van der Waals surface area (Å²) in [6, 6.07) is 20.2. The van der Waals surface area contributed by atoms with Crippen LogP contribution in [0.3, 0.4) is 0 Å². The summed E-state index contributed by atoms with van der Waals surface area (Å²) in [4.78, 5) is 0. The van der Waals surface area contributed by atoms with Gasteiger partial charge in [0.15, 0.2) is 0 Å². The summed E-state index contributed by atoms with van der Waals surface area (Å²) < 4.78 is 1.76. The van der Waals surface area contributed by atoms with Gasteiger partial charge in [-0.3, -0.25) is 0 Å². The van der Waals surface area contributed by atoms with E-state index in [4.69, 9.17) is 0 Å². The SMILES string of the molecule is C(=C\c1ccccc1)/CNCCSc1nnnn1-c1ccccc1.[Cl-]. The van der Waals surface area contributed by atoms with E-state index in [1.165, 1.54) is 5.56 Å². The number of halogens is 1. The zero-order chi connectivity index (χ0) is 16.5. The van der Waals surface area contributed by atoms with Crippen LogP contribution in [0.25, 0.3) is 11.8 Å². The summed E-state index contributed by atoms with van der Waals surface area (Å²) in [5.74, 6) is 0.909. The highest BCUT2D eigenvalue weighted by Crippen LogP contribution is 2.17. The van der Waals surface area contributed by atoms with Gasteiger partial charge in [0, 0.05) is 18.8 Å². The molecule has 25 heavy (non-hydrogen) atoms. The molecule has 3 aromatic rings. The number of tetrazole rings is 1. The normalized spacial score (nSPS) is 10.7. The maximum absolute atomic E-state index is 4.09. The van der Waals surface area contributed by atoms with E-state index >= 15 is 0 Å². The van der Waals surface area contributed by atoms with Crippen molar-refractivity contribution >= 4 is 17.8 Å². The van der Waals surface area contributed by atoms with Gasteiger partial charge in [-0.15, -0.1) is 5.10 Å². The number of thioether (sulfide) groups is 1. The molecule has 0 aliphatic carbocycles. The van der Waals surface area contributed by atoms with Gasteiger partial charge in [-0.05, 0) is 28.1 Å². The predicted octanol–water partition coefficient (Wildman–Crippen LogP) is 0.0614. The van der Waals surface area contributed by atoms with Gasteiger partial charge in [0.25, 0.3) is 0 Å². The quantitative estimate of drug-likeness (QED) is 0.447. The summed E-state index contributed by atoms with van der Waals surface area (Å²) in [6.45, 7) is 1.74. The summed E-state index contributed by atoms with van der Waals surface area (Å²) in [5, 5.41) is 16.1. The molecule has 0 atom stereocenters. The Morgan fingerprint density at radius 3 is 2.48 bits per heavy atom. The maximum atomic E-state index is 4.09. The predicted molar refractivity (Wildman–Crippen MR) is 98.2 cm³/mol. The Morgan fingerprint density at radius 2 is 1.72 bits per heavy atom. The van der Waals surface area contributed by atoms with Gasteiger partial charge < -0.3 is 17.7 Å². The molecule has 0 aliphatic rings. The van der Waals surface area contributed by atoms with Gasteiger partial charge in [0.05, 0.1) is 5.69 Å². The smallest absolute Gasteiger partial charge is 0.214 e. The second-order valence-electron chi connectivity index (χ2n) is 5.07. The average Bonchev–Trinajstić information content (AvgIpc) is 3.11. The van der Waals surface area contributed by atoms with Crippen LogP contribution in [0.15, 0.2) is 71.9 Å². The molecule has 1 N–H and O–H groups in total. The molecular formula is C18H19ClN5S-. The molecule has 2 aromatic carbocycles. The number of nitrogens with zero attached hydrogens (tertiary/aromatic N) is 4. The highest BCUT2D eigenvalue weighted by atomic mass is 35.5. The molecule has 5 nitrogen and oxygen atoms in total. The van der Waals surface area contributed by atoms with E-state index in [2.05, 4.69) is 45.1 Å². The van der Waals surface area contributed by atoms with Crippen molar-refractivity contribution in [1.29, 1.82) is 0 Å². The fraction of sp³-hybridized carbons (Fsp3) is 0.167. The molecular weight excluding hydrogens is 354 g/mol. The van der Waals surface area contributed by atoms with Crippen molar-refractivity contribution in [3.63, 3.8) is 0 Å². The molecule has 0 amide bonds. The molecule has 0 saturated carbocycles. The lowest BCUT2D eigenvalue weighted by Crippen LogP contribution is -3.00. The van der Waals surface area contributed by atoms with E-state index < -0.39 is 0 Å². The van der Waals surface area contributed by atoms with Crippen molar-refractivity contribution in [1.82, 2.24) is 25.5 Å². The fourth-order valence-electron chi connectivity index (χ4n) is 2.16.